The minimum atomic E-state index is -0.486. The van der Waals surface area contributed by atoms with E-state index >= 15 is 0 Å². The van der Waals surface area contributed by atoms with Crippen molar-refractivity contribution in [1.82, 2.24) is 0 Å². The number of phenols is 1. The van der Waals surface area contributed by atoms with E-state index in [4.69, 9.17) is 26.8 Å². The van der Waals surface area contributed by atoms with Gasteiger partial charge in [0.2, 0.25) is 0 Å². The topological polar surface area (TPSA) is 64.7 Å². The first kappa shape index (κ1) is 11.0. The van der Waals surface area contributed by atoms with Gasteiger partial charge in [-0.2, -0.15) is 0 Å². The van der Waals surface area contributed by atoms with E-state index in [1.165, 1.54) is 6.07 Å². The van der Waals surface area contributed by atoms with Crippen molar-refractivity contribution in [3.8, 4) is 17.2 Å². The fraction of sp³-hybridized carbons (Fsp3) is 0.500. The van der Waals surface area contributed by atoms with E-state index in [2.05, 4.69) is 0 Å². The summed E-state index contributed by atoms with van der Waals surface area (Å²) >= 11 is 6.16. The predicted molar refractivity (Wildman–Crippen MR) is 63.8 cm³/mol. The lowest BCUT2D eigenvalue weighted by Crippen LogP contribution is -2.44. The Balaban J connectivity index is 2.20. The molecule has 0 amide bonds. The Kier molecular flexibility index (Phi) is 2.38. The number of ether oxygens (including phenoxy) is 2. The Morgan fingerprint density at radius 1 is 1.29 bits per heavy atom. The van der Waals surface area contributed by atoms with Crippen LogP contribution in [0.15, 0.2) is 6.07 Å². The van der Waals surface area contributed by atoms with Crippen LogP contribution in [0.25, 0.3) is 0 Å². The van der Waals surface area contributed by atoms with Crippen LogP contribution >= 0.6 is 11.6 Å². The van der Waals surface area contributed by atoms with E-state index in [1.807, 2.05) is 0 Å². The highest BCUT2D eigenvalue weighted by Crippen LogP contribution is 2.52. The molecule has 4 nitrogen and oxygen atoms in total. The highest BCUT2D eigenvalue weighted by Gasteiger charge is 2.41. The van der Waals surface area contributed by atoms with Gasteiger partial charge in [-0.1, -0.05) is 11.6 Å². The lowest BCUT2D eigenvalue weighted by molar-refractivity contribution is 0.159. The quantitative estimate of drug-likeness (QED) is 0.807. The number of phenolic OH excluding ortho intramolecular Hbond substituents is 1. The molecular weight excluding hydrogens is 242 g/mol. The molecule has 1 aromatic rings. The van der Waals surface area contributed by atoms with Crippen LogP contribution in [0.4, 0.5) is 0 Å². The molecule has 0 saturated heterocycles. The number of halogens is 1. The van der Waals surface area contributed by atoms with Gasteiger partial charge >= 0.3 is 0 Å². The van der Waals surface area contributed by atoms with Gasteiger partial charge < -0.3 is 20.3 Å². The molecule has 0 unspecified atom stereocenters. The Labute approximate surface area is 104 Å². The zero-order valence-corrected chi connectivity index (χ0v) is 10.1. The molecule has 1 aliphatic carbocycles. The fourth-order valence-corrected chi connectivity index (χ4v) is 2.73. The lowest BCUT2D eigenvalue weighted by atomic mass is 9.72. The summed E-state index contributed by atoms with van der Waals surface area (Å²) in [4.78, 5) is 0. The molecule has 0 spiro atoms. The molecular formula is C12H14ClNO3. The first-order valence-corrected chi connectivity index (χ1v) is 6.10. The number of fused-ring (bicyclic) bond motifs is 1. The largest absolute Gasteiger partial charge is 0.506 e. The van der Waals surface area contributed by atoms with Gasteiger partial charge in [-0.15, -0.1) is 0 Å². The van der Waals surface area contributed by atoms with Gasteiger partial charge in [0, 0.05) is 17.2 Å². The number of nitrogens with two attached hydrogens (primary N) is 1. The van der Waals surface area contributed by atoms with E-state index in [9.17, 15) is 5.11 Å². The van der Waals surface area contributed by atoms with Crippen molar-refractivity contribution in [1.29, 1.82) is 0 Å². The van der Waals surface area contributed by atoms with Crippen LogP contribution < -0.4 is 15.2 Å². The summed E-state index contributed by atoms with van der Waals surface area (Å²) in [5.41, 5.74) is 6.50. The molecule has 1 saturated carbocycles. The van der Waals surface area contributed by atoms with E-state index in [0.717, 1.165) is 19.3 Å². The fourth-order valence-electron chi connectivity index (χ4n) is 2.40. The molecule has 1 heterocycles. The third kappa shape index (κ3) is 1.55. The molecule has 1 fully saturated rings. The number of aromatic hydroxyl groups is 1. The van der Waals surface area contributed by atoms with Crippen molar-refractivity contribution in [2.45, 2.75) is 24.8 Å². The Hall–Kier alpha value is -1.13. The second-order valence-electron chi connectivity index (χ2n) is 4.62. The van der Waals surface area contributed by atoms with Crippen LogP contribution in [0.5, 0.6) is 17.2 Å². The van der Waals surface area contributed by atoms with Gasteiger partial charge in [-0.3, -0.25) is 0 Å². The summed E-state index contributed by atoms with van der Waals surface area (Å²) < 4.78 is 11.1. The molecule has 0 radical (unpaired) electrons. The van der Waals surface area contributed by atoms with Gasteiger partial charge in [-0.05, 0) is 19.3 Å². The minimum absolute atomic E-state index is 0.00245. The van der Waals surface area contributed by atoms with Crippen molar-refractivity contribution < 1.29 is 14.6 Å². The Morgan fingerprint density at radius 3 is 2.65 bits per heavy atom. The summed E-state index contributed by atoms with van der Waals surface area (Å²) in [7, 11) is 0. The third-order valence-corrected chi connectivity index (χ3v) is 3.88. The highest BCUT2D eigenvalue weighted by molar-refractivity contribution is 6.33. The number of hydrogen-bond acceptors (Lipinski definition) is 4. The maximum Gasteiger partial charge on any atom is 0.168 e. The summed E-state index contributed by atoms with van der Waals surface area (Å²) in [6, 6.07) is 1.49. The molecule has 0 aromatic heterocycles. The van der Waals surface area contributed by atoms with Crippen molar-refractivity contribution in [3.05, 3.63) is 16.7 Å². The van der Waals surface area contributed by atoms with Crippen LogP contribution in [-0.2, 0) is 5.54 Å². The van der Waals surface area contributed by atoms with Crippen LogP contribution in [0.2, 0.25) is 5.02 Å². The smallest absolute Gasteiger partial charge is 0.168 e. The number of rotatable bonds is 1. The monoisotopic (exact) mass is 255 g/mol. The molecule has 0 atom stereocenters. The van der Waals surface area contributed by atoms with Crippen LogP contribution in [-0.4, -0.2) is 18.3 Å². The van der Waals surface area contributed by atoms with Crippen LogP contribution in [0.3, 0.4) is 0 Å². The van der Waals surface area contributed by atoms with E-state index in [0.29, 0.717) is 30.3 Å². The molecule has 3 N–H and O–H groups in total. The van der Waals surface area contributed by atoms with Crippen LogP contribution in [0.1, 0.15) is 24.8 Å². The summed E-state index contributed by atoms with van der Waals surface area (Å²) in [5.74, 6) is 1.13. The van der Waals surface area contributed by atoms with Gasteiger partial charge in [0.25, 0.3) is 0 Å². The second-order valence-corrected chi connectivity index (χ2v) is 5.00. The standard InChI is InChI=1S/C12H14ClNO3/c13-10-7(15)6-8-11(17-5-4-16-8)9(10)12(14)2-1-3-12/h6,15H,1-5,14H2. The number of benzene rings is 1. The summed E-state index contributed by atoms with van der Waals surface area (Å²) in [6.45, 7) is 0.961. The first-order chi connectivity index (χ1) is 8.12. The average molecular weight is 256 g/mol. The predicted octanol–water partition coefficient (Wildman–Crippen LogP) is 2.15. The molecule has 5 heteroatoms. The summed E-state index contributed by atoms with van der Waals surface area (Å²) in [5, 5.41) is 10.1. The second kappa shape index (κ2) is 3.68. The van der Waals surface area contributed by atoms with Crippen molar-refractivity contribution in [2.24, 2.45) is 5.73 Å². The maximum atomic E-state index is 9.82. The van der Waals surface area contributed by atoms with Crippen LogP contribution in [0, 0.1) is 0 Å². The van der Waals surface area contributed by atoms with Gasteiger partial charge in [-0.25, -0.2) is 0 Å². The average Bonchev–Trinajstić information content (AvgIpc) is 2.28. The molecule has 2 aliphatic rings. The molecule has 1 aliphatic heterocycles. The van der Waals surface area contributed by atoms with E-state index < -0.39 is 5.54 Å². The maximum absolute atomic E-state index is 9.82. The molecule has 92 valence electrons. The van der Waals surface area contributed by atoms with Crippen molar-refractivity contribution in [2.75, 3.05) is 13.2 Å². The Bertz CT molecular complexity index is 471. The van der Waals surface area contributed by atoms with E-state index in [-0.39, 0.29) is 10.8 Å². The minimum Gasteiger partial charge on any atom is -0.506 e. The number of hydrogen-bond donors (Lipinski definition) is 2. The zero-order chi connectivity index (χ0) is 12.0. The van der Waals surface area contributed by atoms with Gasteiger partial charge in [0.15, 0.2) is 11.5 Å². The first-order valence-electron chi connectivity index (χ1n) is 5.72. The van der Waals surface area contributed by atoms with Gasteiger partial charge in [0.1, 0.15) is 19.0 Å². The SMILES string of the molecule is NC1(c2c(Cl)c(O)cc3c2OCCO3)CCC1. The third-order valence-electron chi connectivity index (χ3n) is 3.49. The Morgan fingerprint density at radius 2 is 2.00 bits per heavy atom. The highest BCUT2D eigenvalue weighted by atomic mass is 35.5. The molecule has 0 bridgehead atoms. The molecule has 3 rings (SSSR count). The molecule has 17 heavy (non-hydrogen) atoms. The van der Waals surface area contributed by atoms with E-state index in [1.54, 1.807) is 0 Å². The van der Waals surface area contributed by atoms with Crippen molar-refractivity contribution >= 4 is 11.6 Å². The molecule has 1 aromatic carbocycles. The lowest BCUT2D eigenvalue weighted by Gasteiger charge is -2.40. The summed E-state index contributed by atoms with van der Waals surface area (Å²) in [6.07, 6.45) is 2.77. The van der Waals surface area contributed by atoms with Gasteiger partial charge in [0.05, 0.1) is 5.02 Å². The normalized spacial score (nSPS) is 20.8. The van der Waals surface area contributed by atoms with Crippen molar-refractivity contribution in [3.63, 3.8) is 0 Å². The zero-order valence-electron chi connectivity index (χ0n) is 9.33.